The average Bonchev–Trinajstić information content (AvgIpc) is 2.02. The molecule has 2 aliphatic carbocycles. The average molecular weight is 180 g/mol. The van der Waals surface area contributed by atoms with E-state index in [-0.39, 0.29) is 23.5 Å². The van der Waals surface area contributed by atoms with Gasteiger partial charge in [0.15, 0.2) is 0 Å². The van der Waals surface area contributed by atoms with Crippen LogP contribution >= 0.6 is 0 Å². The van der Waals surface area contributed by atoms with E-state index < -0.39 is 5.97 Å². The van der Waals surface area contributed by atoms with Crippen LogP contribution in [-0.4, -0.2) is 16.9 Å². The maximum Gasteiger partial charge on any atom is 0.306 e. The lowest BCUT2D eigenvalue weighted by Crippen LogP contribution is -2.36. The molecule has 13 heavy (non-hydrogen) atoms. The Bertz CT molecular complexity index is 280. The molecule has 3 heteroatoms. The van der Waals surface area contributed by atoms with Crippen molar-refractivity contribution in [3.8, 4) is 0 Å². The van der Waals surface area contributed by atoms with Gasteiger partial charge in [-0.25, -0.2) is 0 Å². The number of carbonyl (C=O) groups is 2. The highest BCUT2D eigenvalue weighted by atomic mass is 16.4. The Kier molecular flexibility index (Phi) is 1.94. The fourth-order valence-corrected chi connectivity index (χ4v) is 2.28. The molecule has 0 radical (unpaired) electrons. The smallest absolute Gasteiger partial charge is 0.306 e. The molecule has 1 N–H and O–H groups in total. The molecule has 0 aliphatic heterocycles. The van der Waals surface area contributed by atoms with Crippen molar-refractivity contribution in [1.29, 1.82) is 0 Å². The van der Waals surface area contributed by atoms with Crippen molar-refractivity contribution in [2.75, 3.05) is 0 Å². The van der Waals surface area contributed by atoms with E-state index in [0.29, 0.717) is 12.8 Å². The second kappa shape index (κ2) is 2.98. The summed E-state index contributed by atoms with van der Waals surface area (Å²) in [5.74, 6) is -0.950. The predicted octanol–water partition coefficient (Wildman–Crippen LogP) is 1.24. The van der Waals surface area contributed by atoms with E-state index in [2.05, 4.69) is 0 Å². The first-order chi connectivity index (χ1) is 6.18. The lowest BCUT2D eigenvalue weighted by Gasteiger charge is -2.32. The van der Waals surface area contributed by atoms with Crippen LogP contribution in [0.15, 0.2) is 12.2 Å². The molecule has 0 saturated heterocycles. The van der Waals surface area contributed by atoms with Crippen molar-refractivity contribution in [3.63, 3.8) is 0 Å². The molecule has 0 aromatic rings. The van der Waals surface area contributed by atoms with Gasteiger partial charge in [-0.1, -0.05) is 12.2 Å². The number of rotatable bonds is 1. The lowest BCUT2D eigenvalue weighted by molar-refractivity contribution is -0.145. The molecule has 1 fully saturated rings. The molecule has 0 aromatic carbocycles. The third-order valence-corrected chi connectivity index (χ3v) is 3.01. The van der Waals surface area contributed by atoms with Gasteiger partial charge >= 0.3 is 5.97 Å². The summed E-state index contributed by atoms with van der Waals surface area (Å²) < 4.78 is 0. The van der Waals surface area contributed by atoms with E-state index >= 15 is 0 Å². The number of aliphatic carboxylic acids is 1. The van der Waals surface area contributed by atoms with Crippen molar-refractivity contribution in [2.45, 2.75) is 19.3 Å². The van der Waals surface area contributed by atoms with Crippen LogP contribution < -0.4 is 0 Å². The minimum Gasteiger partial charge on any atom is -0.481 e. The second-order valence-corrected chi connectivity index (χ2v) is 3.88. The Morgan fingerprint density at radius 1 is 1.46 bits per heavy atom. The minimum atomic E-state index is -0.752. The van der Waals surface area contributed by atoms with Crippen LogP contribution in [0.5, 0.6) is 0 Å². The largest absolute Gasteiger partial charge is 0.481 e. The fraction of sp³-hybridized carbons (Fsp3) is 0.600. The van der Waals surface area contributed by atoms with Crippen LogP contribution in [0, 0.1) is 17.8 Å². The van der Waals surface area contributed by atoms with E-state index in [1.165, 1.54) is 0 Å². The number of carbonyl (C=O) groups excluding carboxylic acids is 1. The molecule has 0 amide bonds. The highest BCUT2D eigenvalue weighted by molar-refractivity contribution is 5.88. The third-order valence-electron chi connectivity index (χ3n) is 3.01. The molecule has 3 atom stereocenters. The molecule has 1 saturated carbocycles. The zero-order chi connectivity index (χ0) is 9.42. The quantitative estimate of drug-likeness (QED) is 0.618. The molecule has 0 aromatic heterocycles. The first kappa shape index (κ1) is 8.48. The first-order valence-corrected chi connectivity index (χ1v) is 4.61. The van der Waals surface area contributed by atoms with Gasteiger partial charge < -0.3 is 5.11 Å². The van der Waals surface area contributed by atoms with Gasteiger partial charge in [0.05, 0.1) is 5.92 Å². The standard InChI is InChI=1S/C10H12O3/c11-9-6-2-1-3-7(9)5-8(4-6)10(12)13/h1-2,6-8H,3-5H2,(H,12,13)/t6-,7-,8-/m0/s1. The molecule has 3 nitrogen and oxygen atoms in total. The van der Waals surface area contributed by atoms with Crippen molar-refractivity contribution < 1.29 is 14.7 Å². The molecule has 0 heterocycles. The van der Waals surface area contributed by atoms with E-state index in [9.17, 15) is 9.59 Å². The van der Waals surface area contributed by atoms with Gasteiger partial charge in [0, 0.05) is 11.8 Å². The number of allylic oxidation sites excluding steroid dienone is 2. The monoisotopic (exact) mass is 180 g/mol. The van der Waals surface area contributed by atoms with Gasteiger partial charge in [-0.05, 0) is 19.3 Å². The summed E-state index contributed by atoms with van der Waals surface area (Å²) in [7, 11) is 0. The number of carboxylic acids is 1. The molecule has 0 spiro atoms. The van der Waals surface area contributed by atoms with Crippen LogP contribution in [0.25, 0.3) is 0 Å². The zero-order valence-electron chi connectivity index (χ0n) is 7.27. The van der Waals surface area contributed by atoms with Crippen molar-refractivity contribution in [3.05, 3.63) is 12.2 Å². The summed E-state index contributed by atoms with van der Waals surface area (Å²) in [6, 6.07) is 0. The Morgan fingerprint density at radius 3 is 2.85 bits per heavy atom. The fourth-order valence-electron chi connectivity index (χ4n) is 2.28. The summed E-state index contributed by atoms with van der Waals surface area (Å²) in [5.41, 5.74) is 0. The Balaban J connectivity index is 2.18. The number of fused-ring (bicyclic) bond motifs is 2. The number of hydrogen-bond donors (Lipinski definition) is 1. The number of hydrogen-bond acceptors (Lipinski definition) is 2. The maximum absolute atomic E-state index is 11.5. The van der Waals surface area contributed by atoms with Gasteiger partial charge in [0.2, 0.25) is 0 Å². The number of carboxylic acid groups (broad SMARTS) is 1. The summed E-state index contributed by atoms with van der Waals surface area (Å²) >= 11 is 0. The number of Topliss-reactive ketones (excluding diaryl/α,β-unsaturated/α-hetero) is 1. The maximum atomic E-state index is 11.5. The van der Waals surface area contributed by atoms with Crippen LogP contribution in [0.3, 0.4) is 0 Å². The topological polar surface area (TPSA) is 54.4 Å². The predicted molar refractivity (Wildman–Crippen MR) is 46.1 cm³/mol. The highest BCUT2D eigenvalue weighted by Gasteiger charge is 2.39. The SMILES string of the molecule is O=C(O)[C@@H]1C[C@@H]2CC=C[C@@H](C1)C2=O. The molecule has 0 unspecified atom stereocenters. The van der Waals surface area contributed by atoms with Gasteiger partial charge in [-0.15, -0.1) is 0 Å². The number of ketones is 1. The molecular formula is C10H12O3. The highest BCUT2D eigenvalue weighted by Crippen LogP contribution is 2.36. The van der Waals surface area contributed by atoms with Gasteiger partial charge in [0.25, 0.3) is 0 Å². The third kappa shape index (κ3) is 1.39. The van der Waals surface area contributed by atoms with Crippen molar-refractivity contribution in [2.24, 2.45) is 17.8 Å². The summed E-state index contributed by atoms with van der Waals surface area (Å²) in [5, 5.41) is 8.84. The van der Waals surface area contributed by atoms with Gasteiger partial charge in [0.1, 0.15) is 5.78 Å². The molecular weight excluding hydrogens is 168 g/mol. The van der Waals surface area contributed by atoms with Gasteiger partial charge in [-0.3, -0.25) is 9.59 Å². The summed E-state index contributed by atoms with van der Waals surface area (Å²) in [6.07, 6.45) is 5.65. The van der Waals surface area contributed by atoms with E-state index in [1.807, 2.05) is 12.2 Å². The van der Waals surface area contributed by atoms with Crippen LogP contribution in [-0.2, 0) is 9.59 Å². The summed E-state index contributed by atoms with van der Waals surface area (Å²) in [6.45, 7) is 0. The van der Waals surface area contributed by atoms with Crippen molar-refractivity contribution in [1.82, 2.24) is 0 Å². The van der Waals surface area contributed by atoms with Crippen LogP contribution in [0.4, 0.5) is 0 Å². The molecule has 2 bridgehead atoms. The van der Waals surface area contributed by atoms with Gasteiger partial charge in [-0.2, -0.15) is 0 Å². The molecule has 2 rings (SSSR count). The van der Waals surface area contributed by atoms with Crippen molar-refractivity contribution >= 4 is 11.8 Å². The Hall–Kier alpha value is -1.12. The van der Waals surface area contributed by atoms with Crippen LogP contribution in [0.2, 0.25) is 0 Å². The second-order valence-electron chi connectivity index (χ2n) is 3.88. The summed E-state index contributed by atoms with van der Waals surface area (Å²) in [4.78, 5) is 22.3. The lowest BCUT2D eigenvalue weighted by atomic mass is 9.70. The normalized spacial score (nSPS) is 37.5. The first-order valence-electron chi connectivity index (χ1n) is 4.61. The zero-order valence-corrected chi connectivity index (χ0v) is 7.27. The molecule has 70 valence electrons. The Morgan fingerprint density at radius 2 is 2.23 bits per heavy atom. The Labute approximate surface area is 76.4 Å². The molecule has 2 aliphatic rings. The van der Waals surface area contributed by atoms with E-state index in [1.54, 1.807) is 0 Å². The van der Waals surface area contributed by atoms with E-state index in [4.69, 9.17) is 5.11 Å². The van der Waals surface area contributed by atoms with E-state index in [0.717, 1.165) is 6.42 Å². The van der Waals surface area contributed by atoms with Crippen LogP contribution in [0.1, 0.15) is 19.3 Å². The minimum absolute atomic E-state index is 0.0233.